The maximum atomic E-state index is 13.7. The number of aromatic nitrogens is 3. The van der Waals surface area contributed by atoms with Crippen LogP contribution in [0, 0.1) is 6.92 Å². The number of rotatable bonds is 3. The highest BCUT2D eigenvalue weighted by Crippen LogP contribution is 2.28. The third-order valence-electron chi connectivity index (χ3n) is 5.32. The number of para-hydroxylation sites is 1. The fraction of sp³-hybridized carbons (Fsp3) is 0.0800. The van der Waals surface area contributed by atoms with Crippen molar-refractivity contribution in [3.8, 4) is 22.8 Å². The summed E-state index contributed by atoms with van der Waals surface area (Å²) in [6.45, 7) is 1.99. The van der Waals surface area contributed by atoms with Gasteiger partial charge in [0.1, 0.15) is 11.6 Å². The monoisotopic (exact) mass is 393 g/mol. The van der Waals surface area contributed by atoms with Crippen molar-refractivity contribution in [1.29, 1.82) is 0 Å². The van der Waals surface area contributed by atoms with Gasteiger partial charge < -0.3 is 4.74 Å². The molecule has 0 amide bonds. The second-order valence-corrected chi connectivity index (χ2v) is 7.12. The molecule has 0 spiro atoms. The van der Waals surface area contributed by atoms with E-state index in [9.17, 15) is 4.79 Å². The van der Waals surface area contributed by atoms with Gasteiger partial charge in [-0.05, 0) is 67.1 Å². The molecular formula is C25H19N3O2. The number of fused-ring (bicyclic) bond motifs is 3. The molecule has 5 heteroatoms. The van der Waals surface area contributed by atoms with Crippen molar-refractivity contribution in [2.24, 2.45) is 0 Å². The minimum Gasteiger partial charge on any atom is -0.497 e. The summed E-state index contributed by atoms with van der Waals surface area (Å²) in [5.74, 6) is 1.33. The van der Waals surface area contributed by atoms with Crippen LogP contribution < -0.4 is 10.3 Å². The van der Waals surface area contributed by atoms with E-state index < -0.39 is 0 Å². The molecule has 0 fully saturated rings. The molecule has 0 N–H and O–H groups in total. The van der Waals surface area contributed by atoms with Crippen molar-refractivity contribution in [2.45, 2.75) is 6.92 Å². The number of aryl methyl sites for hydroxylation is 1. The van der Waals surface area contributed by atoms with Crippen LogP contribution in [-0.2, 0) is 0 Å². The zero-order valence-corrected chi connectivity index (χ0v) is 16.7. The Morgan fingerprint density at radius 2 is 1.67 bits per heavy atom. The van der Waals surface area contributed by atoms with Crippen molar-refractivity contribution in [1.82, 2.24) is 14.5 Å². The predicted octanol–water partition coefficient (Wildman–Crippen LogP) is 4.92. The SMILES string of the molecule is COc1ccc(-c2nc3c(ccc4ncccc43)c(=O)n2-c2ccccc2C)cc1. The molecule has 146 valence electrons. The Hall–Kier alpha value is -3.99. The Labute approximate surface area is 173 Å². The first-order valence-corrected chi connectivity index (χ1v) is 9.68. The first-order chi connectivity index (χ1) is 14.7. The lowest BCUT2D eigenvalue weighted by molar-refractivity contribution is 0.415. The van der Waals surface area contributed by atoms with Crippen LogP contribution >= 0.6 is 0 Å². The molecule has 0 aliphatic rings. The van der Waals surface area contributed by atoms with Gasteiger partial charge in [0.05, 0.1) is 29.2 Å². The molecule has 0 saturated carbocycles. The van der Waals surface area contributed by atoms with E-state index >= 15 is 0 Å². The second kappa shape index (κ2) is 7.12. The smallest absolute Gasteiger partial charge is 0.266 e. The van der Waals surface area contributed by atoms with E-state index in [2.05, 4.69) is 4.98 Å². The van der Waals surface area contributed by atoms with E-state index in [4.69, 9.17) is 9.72 Å². The lowest BCUT2D eigenvalue weighted by Crippen LogP contribution is -2.22. The van der Waals surface area contributed by atoms with Gasteiger partial charge in [0.15, 0.2) is 0 Å². The summed E-state index contributed by atoms with van der Waals surface area (Å²) in [4.78, 5) is 23.1. The largest absolute Gasteiger partial charge is 0.497 e. The predicted molar refractivity (Wildman–Crippen MR) is 119 cm³/mol. The number of methoxy groups -OCH3 is 1. The second-order valence-electron chi connectivity index (χ2n) is 7.12. The number of hydrogen-bond donors (Lipinski definition) is 0. The summed E-state index contributed by atoms with van der Waals surface area (Å²) >= 11 is 0. The lowest BCUT2D eigenvalue weighted by atomic mass is 10.1. The minimum atomic E-state index is -0.106. The van der Waals surface area contributed by atoms with Crippen LogP contribution in [0.25, 0.3) is 38.9 Å². The van der Waals surface area contributed by atoms with Gasteiger partial charge in [0.25, 0.3) is 5.56 Å². The van der Waals surface area contributed by atoms with Gasteiger partial charge in [-0.3, -0.25) is 14.3 Å². The number of nitrogens with zero attached hydrogens (tertiary/aromatic N) is 3. The van der Waals surface area contributed by atoms with Gasteiger partial charge in [-0.25, -0.2) is 4.98 Å². The molecule has 0 bridgehead atoms. The highest BCUT2D eigenvalue weighted by atomic mass is 16.5. The van der Waals surface area contributed by atoms with E-state index in [1.54, 1.807) is 17.9 Å². The maximum absolute atomic E-state index is 13.7. The van der Waals surface area contributed by atoms with E-state index in [1.165, 1.54) is 0 Å². The first kappa shape index (κ1) is 18.1. The molecule has 0 aliphatic heterocycles. The summed E-state index contributed by atoms with van der Waals surface area (Å²) < 4.78 is 6.99. The standard InChI is InChI=1S/C25H19N3O2/c1-16-6-3-4-8-22(16)28-24(17-9-11-18(30-2)12-10-17)27-23-19-7-5-15-26-21(19)14-13-20(23)25(28)29/h3-15H,1-2H3. The maximum Gasteiger partial charge on any atom is 0.266 e. The summed E-state index contributed by atoms with van der Waals surface area (Å²) in [5, 5.41) is 1.43. The zero-order chi connectivity index (χ0) is 20.7. The van der Waals surface area contributed by atoms with Crippen LogP contribution in [0.15, 0.2) is 83.8 Å². The Morgan fingerprint density at radius 3 is 2.43 bits per heavy atom. The van der Waals surface area contributed by atoms with E-state index in [0.717, 1.165) is 33.5 Å². The zero-order valence-electron chi connectivity index (χ0n) is 16.7. The summed E-state index contributed by atoms with van der Waals surface area (Å²) in [6.07, 6.45) is 1.74. The fourth-order valence-corrected chi connectivity index (χ4v) is 3.77. The third kappa shape index (κ3) is 2.83. The van der Waals surface area contributed by atoms with E-state index in [0.29, 0.717) is 16.7 Å². The van der Waals surface area contributed by atoms with Crippen LogP contribution in [-0.4, -0.2) is 21.6 Å². The van der Waals surface area contributed by atoms with Gasteiger partial charge in [0.2, 0.25) is 0 Å². The van der Waals surface area contributed by atoms with Crippen molar-refractivity contribution >= 4 is 21.8 Å². The normalized spacial score (nSPS) is 11.1. The molecule has 5 aromatic rings. The molecule has 0 saturated heterocycles. The molecule has 0 aliphatic carbocycles. The Kier molecular flexibility index (Phi) is 4.29. The Balaban J connectivity index is 1.93. The van der Waals surface area contributed by atoms with Crippen LogP contribution in [0.3, 0.4) is 0 Å². The van der Waals surface area contributed by atoms with Crippen LogP contribution in [0.1, 0.15) is 5.56 Å². The highest BCUT2D eigenvalue weighted by molar-refractivity contribution is 6.03. The van der Waals surface area contributed by atoms with Crippen molar-refractivity contribution in [2.75, 3.05) is 7.11 Å². The molecule has 0 radical (unpaired) electrons. The van der Waals surface area contributed by atoms with Crippen LogP contribution in [0.4, 0.5) is 0 Å². The van der Waals surface area contributed by atoms with E-state index in [1.807, 2.05) is 79.7 Å². The summed E-state index contributed by atoms with van der Waals surface area (Å²) in [6, 6.07) is 22.9. The topological polar surface area (TPSA) is 57.0 Å². The quantitative estimate of drug-likeness (QED) is 0.408. The molecule has 5 nitrogen and oxygen atoms in total. The van der Waals surface area contributed by atoms with Crippen LogP contribution in [0.2, 0.25) is 0 Å². The van der Waals surface area contributed by atoms with Crippen molar-refractivity contribution in [3.63, 3.8) is 0 Å². The number of pyridine rings is 1. The first-order valence-electron chi connectivity index (χ1n) is 9.68. The molecular weight excluding hydrogens is 374 g/mol. The van der Waals surface area contributed by atoms with Gasteiger partial charge in [0, 0.05) is 17.1 Å². The van der Waals surface area contributed by atoms with E-state index in [-0.39, 0.29) is 5.56 Å². The molecule has 5 rings (SSSR count). The van der Waals surface area contributed by atoms with Gasteiger partial charge in [-0.15, -0.1) is 0 Å². The average Bonchev–Trinajstić information content (AvgIpc) is 2.79. The number of hydrogen-bond acceptors (Lipinski definition) is 4. The lowest BCUT2D eigenvalue weighted by Gasteiger charge is -2.16. The number of ether oxygens (including phenoxy) is 1. The molecule has 30 heavy (non-hydrogen) atoms. The molecule has 2 heterocycles. The van der Waals surface area contributed by atoms with Crippen molar-refractivity contribution < 1.29 is 4.74 Å². The summed E-state index contributed by atoms with van der Waals surface area (Å²) in [5.41, 5.74) is 4.00. The fourth-order valence-electron chi connectivity index (χ4n) is 3.77. The molecule has 2 aromatic heterocycles. The van der Waals surface area contributed by atoms with Gasteiger partial charge in [-0.2, -0.15) is 0 Å². The average molecular weight is 393 g/mol. The van der Waals surface area contributed by atoms with Crippen molar-refractivity contribution in [3.05, 3.63) is 94.9 Å². The molecule has 0 atom stereocenters. The van der Waals surface area contributed by atoms with Gasteiger partial charge >= 0.3 is 0 Å². The minimum absolute atomic E-state index is 0.106. The van der Waals surface area contributed by atoms with Gasteiger partial charge in [-0.1, -0.05) is 18.2 Å². The Bertz CT molecular complexity index is 1450. The Morgan fingerprint density at radius 1 is 0.867 bits per heavy atom. The highest BCUT2D eigenvalue weighted by Gasteiger charge is 2.17. The number of benzene rings is 3. The molecule has 3 aromatic carbocycles. The third-order valence-corrected chi connectivity index (χ3v) is 5.32. The molecule has 0 unspecified atom stereocenters. The summed E-state index contributed by atoms with van der Waals surface area (Å²) in [7, 11) is 1.63. The van der Waals surface area contributed by atoms with Crippen LogP contribution in [0.5, 0.6) is 5.75 Å².